The number of nitrogen functional groups attached to an aromatic ring is 2. The number of alkyl halides is 9. The molecule has 0 saturated heterocycles. The van der Waals surface area contributed by atoms with E-state index in [9.17, 15) is 48.3 Å². The van der Waals surface area contributed by atoms with E-state index in [4.69, 9.17) is 11.5 Å². The SMILES string of the molecule is Nc1cc(N)c(Br)c(OC(F)=C(F)C(F)(F)C(F)(F)C(F)(F)C(F)(F)F)c1. The van der Waals surface area contributed by atoms with Gasteiger partial charge in [-0.05, 0) is 22.0 Å². The Morgan fingerprint density at radius 3 is 1.78 bits per heavy atom. The fraction of sp³-hybridized carbons (Fsp3) is 0.333. The van der Waals surface area contributed by atoms with Crippen molar-refractivity contribution in [3.63, 3.8) is 0 Å². The summed E-state index contributed by atoms with van der Waals surface area (Å²) >= 11 is 2.62. The minimum absolute atomic E-state index is 0.306. The quantitative estimate of drug-likeness (QED) is 0.327. The van der Waals surface area contributed by atoms with Crippen LogP contribution in [0.5, 0.6) is 5.75 Å². The number of allylic oxidation sites excluding steroid dienone is 1. The Balaban J connectivity index is 3.41. The molecule has 0 spiro atoms. The first-order valence-corrected chi connectivity index (χ1v) is 6.95. The molecule has 0 aliphatic rings. The molecule has 1 aromatic carbocycles. The van der Waals surface area contributed by atoms with E-state index in [0.717, 1.165) is 6.07 Å². The highest BCUT2D eigenvalue weighted by Gasteiger charge is 2.83. The predicted octanol–water partition coefficient (Wildman–Crippen LogP) is 5.57. The third-order valence-electron chi connectivity index (χ3n) is 2.88. The summed E-state index contributed by atoms with van der Waals surface area (Å²) in [7, 11) is 0. The number of ether oxygens (including phenoxy) is 1. The molecule has 0 amide bonds. The van der Waals surface area contributed by atoms with Crippen LogP contribution in [0, 0.1) is 0 Å². The van der Waals surface area contributed by atoms with Gasteiger partial charge in [0.1, 0.15) is 5.75 Å². The average molecular weight is 483 g/mol. The molecule has 0 fully saturated rings. The van der Waals surface area contributed by atoms with Gasteiger partial charge < -0.3 is 16.2 Å². The standard InChI is InChI=1S/C12H6BrF11N2O/c13-6-4(26)1-3(25)2-5(6)27-8(15)7(14)9(16,17)10(18,19)11(20,21)12(22,23)24/h1-2H,25-26H2. The largest absolute Gasteiger partial charge is 0.460 e. The van der Waals surface area contributed by atoms with Gasteiger partial charge in [0.15, 0.2) is 0 Å². The van der Waals surface area contributed by atoms with Crippen molar-refractivity contribution >= 4 is 27.3 Å². The molecule has 1 rings (SSSR count). The molecule has 3 nitrogen and oxygen atoms in total. The first-order chi connectivity index (χ1) is 11.9. The van der Waals surface area contributed by atoms with Gasteiger partial charge in [0.25, 0.3) is 0 Å². The van der Waals surface area contributed by atoms with Gasteiger partial charge in [-0.25, -0.2) is 0 Å². The molecule has 1 aromatic rings. The van der Waals surface area contributed by atoms with Crippen LogP contribution in [-0.2, 0) is 0 Å². The lowest BCUT2D eigenvalue weighted by atomic mass is 10.0. The van der Waals surface area contributed by atoms with Crippen LogP contribution in [0.4, 0.5) is 59.7 Å². The Morgan fingerprint density at radius 2 is 1.33 bits per heavy atom. The number of rotatable bonds is 5. The van der Waals surface area contributed by atoms with Crippen LogP contribution in [0.15, 0.2) is 28.4 Å². The Morgan fingerprint density at radius 1 is 0.852 bits per heavy atom. The Kier molecular flexibility index (Phi) is 5.91. The topological polar surface area (TPSA) is 61.3 Å². The molecular formula is C12H6BrF11N2O. The Labute approximate surface area is 150 Å². The minimum Gasteiger partial charge on any atom is -0.428 e. The maximum Gasteiger partial charge on any atom is 0.460 e. The molecular weight excluding hydrogens is 477 g/mol. The van der Waals surface area contributed by atoms with E-state index in [1.54, 1.807) is 0 Å². The smallest absolute Gasteiger partial charge is 0.428 e. The van der Waals surface area contributed by atoms with Crippen molar-refractivity contribution in [1.29, 1.82) is 0 Å². The molecule has 0 unspecified atom stereocenters. The van der Waals surface area contributed by atoms with Crippen LogP contribution < -0.4 is 16.2 Å². The summed E-state index contributed by atoms with van der Waals surface area (Å²) in [4.78, 5) is 0. The van der Waals surface area contributed by atoms with Crippen molar-refractivity contribution in [3.05, 3.63) is 28.4 Å². The van der Waals surface area contributed by atoms with Crippen molar-refractivity contribution in [2.45, 2.75) is 23.9 Å². The zero-order valence-electron chi connectivity index (χ0n) is 12.3. The fourth-order valence-electron chi connectivity index (χ4n) is 1.49. The molecule has 0 aliphatic carbocycles. The fourth-order valence-corrected chi connectivity index (χ4v) is 1.80. The third kappa shape index (κ3) is 3.87. The molecule has 4 N–H and O–H groups in total. The van der Waals surface area contributed by atoms with Crippen LogP contribution in [0.25, 0.3) is 0 Å². The predicted molar refractivity (Wildman–Crippen MR) is 73.7 cm³/mol. The van der Waals surface area contributed by atoms with Crippen molar-refractivity contribution in [3.8, 4) is 5.75 Å². The van der Waals surface area contributed by atoms with E-state index in [1.165, 1.54) is 0 Å². The Bertz CT molecular complexity index is 760. The maximum absolute atomic E-state index is 13.5. The van der Waals surface area contributed by atoms with Crippen LogP contribution >= 0.6 is 15.9 Å². The number of nitrogens with two attached hydrogens (primary N) is 2. The van der Waals surface area contributed by atoms with Gasteiger partial charge in [0, 0.05) is 11.8 Å². The van der Waals surface area contributed by atoms with Gasteiger partial charge in [0.05, 0.1) is 10.2 Å². The van der Waals surface area contributed by atoms with E-state index in [-0.39, 0.29) is 11.4 Å². The van der Waals surface area contributed by atoms with Gasteiger partial charge in [-0.15, -0.1) is 0 Å². The van der Waals surface area contributed by atoms with Crippen LogP contribution in [0.1, 0.15) is 0 Å². The highest BCUT2D eigenvalue weighted by molar-refractivity contribution is 9.10. The van der Waals surface area contributed by atoms with E-state index in [1.807, 2.05) is 0 Å². The number of hydrogen-bond donors (Lipinski definition) is 2. The highest BCUT2D eigenvalue weighted by Crippen LogP contribution is 2.55. The summed E-state index contributed by atoms with van der Waals surface area (Å²) in [5.74, 6) is -26.7. The van der Waals surface area contributed by atoms with Crippen molar-refractivity contribution in [1.82, 2.24) is 0 Å². The normalized spacial score (nSPS) is 14.8. The van der Waals surface area contributed by atoms with E-state index in [2.05, 4.69) is 20.7 Å². The molecule has 0 radical (unpaired) electrons. The number of benzene rings is 1. The monoisotopic (exact) mass is 482 g/mol. The number of halogens is 12. The molecule has 15 heteroatoms. The molecule has 27 heavy (non-hydrogen) atoms. The molecule has 0 aromatic heterocycles. The highest BCUT2D eigenvalue weighted by atomic mass is 79.9. The molecule has 0 saturated carbocycles. The third-order valence-corrected chi connectivity index (χ3v) is 3.73. The van der Waals surface area contributed by atoms with Gasteiger partial charge in [0.2, 0.25) is 5.83 Å². The lowest BCUT2D eigenvalue weighted by Gasteiger charge is -2.32. The Hall–Kier alpha value is -1.93. The molecule has 0 atom stereocenters. The summed E-state index contributed by atoms with van der Waals surface area (Å²) < 4.78 is 144. The van der Waals surface area contributed by atoms with Crippen molar-refractivity contribution < 1.29 is 53.0 Å². The molecule has 0 bridgehead atoms. The number of anilines is 2. The maximum atomic E-state index is 13.5. The van der Waals surface area contributed by atoms with Gasteiger partial charge >= 0.3 is 30.0 Å². The lowest BCUT2D eigenvalue weighted by molar-refractivity contribution is -0.392. The summed E-state index contributed by atoms with van der Waals surface area (Å²) in [6.45, 7) is 0. The van der Waals surface area contributed by atoms with E-state index in [0.29, 0.717) is 6.07 Å². The summed E-state index contributed by atoms with van der Waals surface area (Å²) in [6, 6.07) is -1.57. The second-order valence-electron chi connectivity index (χ2n) is 4.83. The molecule has 154 valence electrons. The van der Waals surface area contributed by atoms with E-state index < -0.39 is 46.0 Å². The first kappa shape index (κ1) is 23.1. The summed E-state index contributed by atoms with van der Waals surface area (Å²) in [5.41, 5.74) is 9.91. The van der Waals surface area contributed by atoms with Crippen molar-refractivity contribution in [2.24, 2.45) is 0 Å². The van der Waals surface area contributed by atoms with Crippen LogP contribution in [-0.4, -0.2) is 23.9 Å². The zero-order valence-corrected chi connectivity index (χ0v) is 13.8. The summed E-state index contributed by atoms with van der Waals surface area (Å²) in [6.07, 6.45) is -7.19. The average Bonchev–Trinajstić information content (AvgIpc) is 2.49. The van der Waals surface area contributed by atoms with Crippen LogP contribution in [0.2, 0.25) is 0 Å². The lowest BCUT2D eigenvalue weighted by Crippen LogP contribution is -2.61. The van der Waals surface area contributed by atoms with Crippen LogP contribution in [0.3, 0.4) is 0 Å². The van der Waals surface area contributed by atoms with Gasteiger partial charge in [-0.3, -0.25) is 0 Å². The second kappa shape index (κ2) is 6.91. The molecule has 0 aliphatic heterocycles. The first-order valence-electron chi connectivity index (χ1n) is 6.16. The van der Waals surface area contributed by atoms with Crippen molar-refractivity contribution in [2.75, 3.05) is 11.5 Å². The summed E-state index contributed by atoms with van der Waals surface area (Å²) in [5, 5.41) is 0. The zero-order chi connectivity index (χ0) is 21.6. The minimum atomic E-state index is -7.40. The van der Waals surface area contributed by atoms with Gasteiger partial charge in [-0.1, -0.05) is 0 Å². The van der Waals surface area contributed by atoms with Gasteiger partial charge in [-0.2, -0.15) is 48.3 Å². The second-order valence-corrected chi connectivity index (χ2v) is 5.63. The molecule has 0 heterocycles. The van der Waals surface area contributed by atoms with E-state index >= 15 is 0 Å². The number of hydrogen-bond acceptors (Lipinski definition) is 3.